The highest BCUT2D eigenvalue weighted by atomic mass is 16.5. The summed E-state index contributed by atoms with van der Waals surface area (Å²) in [5.74, 6) is 0. The van der Waals surface area contributed by atoms with Crippen molar-refractivity contribution in [3.63, 3.8) is 0 Å². The second-order valence-electron chi connectivity index (χ2n) is 3.58. The number of nitriles is 1. The Morgan fingerprint density at radius 2 is 2.00 bits per heavy atom. The normalized spacial score (nSPS) is 26.8. The summed E-state index contributed by atoms with van der Waals surface area (Å²) in [6.45, 7) is 0. The summed E-state index contributed by atoms with van der Waals surface area (Å²) in [6, 6.07) is 12.3. The number of benzene rings is 1. The SMILES string of the molecule is N#CC1CCCC(c2ccccc2)O1. The van der Waals surface area contributed by atoms with Crippen LogP contribution < -0.4 is 0 Å². The average Bonchev–Trinajstić information content (AvgIpc) is 2.30. The van der Waals surface area contributed by atoms with Crippen LogP contribution in [-0.2, 0) is 4.74 Å². The minimum absolute atomic E-state index is 0.120. The van der Waals surface area contributed by atoms with Gasteiger partial charge in [0.25, 0.3) is 0 Å². The predicted octanol–water partition coefficient (Wildman–Crippen LogP) is 2.82. The van der Waals surface area contributed by atoms with Crippen molar-refractivity contribution in [2.75, 3.05) is 0 Å². The lowest BCUT2D eigenvalue weighted by Gasteiger charge is -2.26. The van der Waals surface area contributed by atoms with Crippen LogP contribution in [0.2, 0.25) is 0 Å². The minimum atomic E-state index is -0.214. The smallest absolute Gasteiger partial charge is 0.144 e. The van der Waals surface area contributed by atoms with Crippen LogP contribution in [0.3, 0.4) is 0 Å². The standard InChI is InChI=1S/C12H13NO/c13-9-11-7-4-8-12(14-11)10-5-2-1-3-6-10/h1-3,5-6,11-12H,4,7-8H2. The molecule has 0 spiro atoms. The highest BCUT2D eigenvalue weighted by Gasteiger charge is 2.22. The van der Waals surface area contributed by atoms with E-state index in [1.165, 1.54) is 5.56 Å². The van der Waals surface area contributed by atoms with Crippen molar-refractivity contribution in [3.8, 4) is 6.07 Å². The maximum absolute atomic E-state index is 8.78. The van der Waals surface area contributed by atoms with E-state index in [4.69, 9.17) is 10.00 Å². The molecule has 0 bridgehead atoms. The van der Waals surface area contributed by atoms with E-state index < -0.39 is 0 Å². The average molecular weight is 187 g/mol. The lowest BCUT2D eigenvalue weighted by molar-refractivity contribution is -0.0228. The number of nitrogens with zero attached hydrogens (tertiary/aromatic N) is 1. The summed E-state index contributed by atoms with van der Waals surface area (Å²) in [7, 11) is 0. The largest absolute Gasteiger partial charge is 0.355 e. The number of rotatable bonds is 1. The first-order chi connectivity index (χ1) is 6.90. The van der Waals surface area contributed by atoms with Gasteiger partial charge in [-0.25, -0.2) is 0 Å². The third kappa shape index (κ3) is 1.94. The van der Waals surface area contributed by atoms with Gasteiger partial charge in [-0.05, 0) is 24.8 Å². The fraction of sp³-hybridized carbons (Fsp3) is 0.417. The minimum Gasteiger partial charge on any atom is -0.355 e. The fourth-order valence-corrected chi connectivity index (χ4v) is 1.83. The third-order valence-electron chi connectivity index (χ3n) is 2.58. The summed E-state index contributed by atoms with van der Waals surface area (Å²) in [4.78, 5) is 0. The van der Waals surface area contributed by atoms with Gasteiger partial charge in [-0.2, -0.15) is 5.26 Å². The Labute approximate surface area is 84.1 Å². The van der Waals surface area contributed by atoms with E-state index in [0.717, 1.165) is 19.3 Å². The van der Waals surface area contributed by atoms with Gasteiger partial charge in [0.1, 0.15) is 6.10 Å². The summed E-state index contributed by atoms with van der Waals surface area (Å²) >= 11 is 0. The zero-order valence-corrected chi connectivity index (χ0v) is 8.02. The van der Waals surface area contributed by atoms with Crippen molar-refractivity contribution in [2.24, 2.45) is 0 Å². The molecule has 2 rings (SSSR count). The Morgan fingerprint density at radius 3 is 2.71 bits per heavy atom. The Hall–Kier alpha value is -1.33. The number of hydrogen-bond donors (Lipinski definition) is 0. The first-order valence-corrected chi connectivity index (χ1v) is 5.00. The van der Waals surface area contributed by atoms with Gasteiger partial charge in [-0.1, -0.05) is 30.3 Å². The van der Waals surface area contributed by atoms with E-state index in [1.54, 1.807) is 0 Å². The predicted molar refractivity (Wildman–Crippen MR) is 53.5 cm³/mol. The van der Waals surface area contributed by atoms with Gasteiger partial charge in [0.05, 0.1) is 12.2 Å². The molecule has 0 aromatic heterocycles. The van der Waals surface area contributed by atoms with Gasteiger partial charge in [-0.3, -0.25) is 0 Å². The fourth-order valence-electron chi connectivity index (χ4n) is 1.83. The molecule has 0 radical (unpaired) electrons. The van der Waals surface area contributed by atoms with Crippen molar-refractivity contribution in [3.05, 3.63) is 35.9 Å². The van der Waals surface area contributed by atoms with Gasteiger partial charge in [0.2, 0.25) is 0 Å². The van der Waals surface area contributed by atoms with Gasteiger partial charge >= 0.3 is 0 Å². The lowest BCUT2D eigenvalue weighted by atomic mass is 9.99. The molecule has 0 amide bonds. The molecule has 14 heavy (non-hydrogen) atoms. The van der Waals surface area contributed by atoms with Gasteiger partial charge < -0.3 is 4.74 Å². The zero-order chi connectivity index (χ0) is 9.80. The molecule has 1 aromatic carbocycles. The van der Waals surface area contributed by atoms with Crippen LogP contribution in [0.25, 0.3) is 0 Å². The molecule has 2 atom stereocenters. The van der Waals surface area contributed by atoms with Crippen molar-refractivity contribution < 1.29 is 4.74 Å². The first-order valence-electron chi connectivity index (χ1n) is 5.00. The Balaban J connectivity index is 2.09. The van der Waals surface area contributed by atoms with Crippen molar-refractivity contribution in [1.82, 2.24) is 0 Å². The van der Waals surface area contributed by atoms with Gasteiger partial charge in [-0.15, -0.1) is 0 Å². The van der Waals surface area contributed by atoms with Crippen LogP contribution in [0, 0.1) is 11.3 Å². The molecule has 1 aliphatic rings. The maximum atomic E-state index is 8.78. The molecular formula is C12H13NO. The molecule has 1 heterocycles. The topological polar surface area (TPSA) is 33.0 Å². The number of hydrogen-bond acceptors (Lipinski definition) is 2. The molecule has 0 N–H and O–H groups in total. The molecule has 2 nitrogen and oxygen atoms in total. The van der Waals surface area contributed by atoms with E-state index in [2.05, 4.69) is 18.2 Å². The van der Waals surface area contributed by atoms with E-state index in [9.17, 15) is 0 Å². The zero-order valence-electron chi connectivity index (χ0n) is 8.02. The second kappa shape index (κ2) is 4.26. The Kier molecular flexibility index (Phi) is 2.81. The highest BCUT2D eigenvalue weighted by molar-refractivity contribution is 5.18. The molecular weight excluding hydrogens is 174 g/mol. The van der Waals surface area contributed by atoms with Crippen molar-refractivity contribution >= 4 is 0 Å². The van der Waals surface area contributed by atoms with E-state index in [-0.39, 0.29) is 12.2 Å². The molecule has 0 saturated carbocycles. The molecule has 2 unspecified atom stereocenters. The van der Waals surface area contributed by atoms with Crippen LogP contribution in [0.15, 0.2) is 30.3 Å². The summed E-state index contributed by atoms with van der Waals surface area (Å²) < 4.78 is 5.66. The first kappa shape index (κ1) is 9.23. The van der Waals surface area contributed by atoms with Gasteiger partial charge in [0.15, 0.2) is 0 Å². The molecule has 1 aliphatic heterocycles. The monoisotopic (exact) mass is 187 g/mol. The molecule has 1 fully saturated rings. The van der Waals surface area contributed by atoms with Crippen LogP contribution in [0.5, 0.6) is 0 Å². The highest BCUT2D eigenvalue weighted by Crippen LogP contribution is 2.30. The van der Waals surface area contributed by atoms with Crippen molar-refractivity contribution in [1.29, 1.82) is 5.26 Å². The molecule has 2 heteroatoms. The summed E-state index contributed by atoms with van der Waals surface area (Å²) in [5, 5.41) is 8.78. The second-order valence-corrected chi connectivity index (χ2v) is 3.58. The van der Waals surface area contributed by atoms with Gasteiger partial charge in [0, 0.05) is 0 Å². The summed E-state index contributed by atoms with van der Waals surface area (Å²) in [6.07, 6.45) is 2.89. The Morgan fingerprint density at radius 1 is 1.21 bits per heavy atom. The molecule has 72 valence electrons. The van der Waals surface area contributed by atoms with Crippen LogP contribution in [0.1, 0.15) is 30.9 Å². The lowest BCUT2D eigenvalue weighted by Crippen LogP contribution is -2.20. The third-order valence-corrected chi connectivity index (χ3v) is 2.58. The van der Waals surface area contributed by atoms with Crippen LogP contribution >= 0.6 is 0 Å². The maximum Gasteiger partial charge on any atom is 0.144 e. The van der Waals surface area contributed by atoms with E-state index in [0.29, 0.717) is 0 Å². The number of ether oxygens (including phenoxy) is 1. The molecule has 0 aliphatic carbocycles. The summed E-state index contributed by atoms with van der Waals surface area (Å²) in [5.41, 5.74) is 1.19. The van der Waals surface area contributed by atoms with Crippen LogP contribution in [0.4, 0.5) is 0 Å². The van der Waals surface area contributed by atoms with Crippen LogP contribution in [-0.4, -0.2) is 6.10 Å². The quantitative estimate of drug-likeness (QED) is 0.677. The van der Waals surface area contributed by atoms with E-state index in [1.807, 2.05) is 18.2 Å². The molecule has 1 saturated heterocycles. The molecule has 1 aromatic rings. The van der Waals surface area contributed by atoms with E-state index >= 15 is 0 Å². The van der Waals surface area contributed by atoms with Crippen molar-refractivity contribution in [2.45, 2.75) is 31.5 Å². The Bertz CT molecular complexity index is 328.